The number of rotatable bonds is 7. The molecule has 4 heteroatoms. The van der Waals surface area contributed by atoms with Gasteiger partial charge in [-0.05, 0) is 45.9 Å². The lowest BCUT2D eigenvalue weighted by molar-refractivity contribution is -0.123. The molecule has 1 amide bonds. The van der Waals surface area contributed by atoms with Crippen LogP contribution in [0.1, 0.15) is 32.3 Å². The van der Waals surface area contributed by atoms with Crippen LogP contribution in [0.5, 0.6) is 0 Å². The number of carbonyl (C=O) groups excluding carboxylic acids is 1. The lowest BCUT2D eigenvalue weighted by Crippen LogP contribution is -2.38. The third-order valence-electron chi connectivity index (χ3n) is 3.36. The maximum atomic E-state index is 12.5. The number of carbonyl (C=O) groups is 1. The molecule has 2 N–H and O–H groups in total. The van der Waals surface area contributed by atoms with Crippen molar-refractivity contribution in [2.75, 3.05) is 25.1 Å². The monoisotopic (exact) mass is 278 g/mol. The Morgan fingerprint density at radius 2 is 1.90 bits per heavy atom. The van der Waals surface area contributed by atoms with Gasteiger partial charge in [0, 0.05) is 19.3 Å². The highest BCUT2D eigenvalue weighted by atomic mass is 16.5. The van der Waals surface area contributed by atoms with Crippen LogP contribution < -0.4 is 10.6 Å². The number of hydrogen-bond acceptors (Lipinski definition) is 3. The molecule has 0 aromatic heterocycles. The molecule has 20 heavy (non-hydrogen) atoms. The van der Waals surface area contributed by atoms with Gasteiger partial charge in [0.2, 0.25) is 5.91 Å². The average molecular weight is 278 g/mol. The fourth-order valence-corrected chi connectivity index (χ4v) is 1.90. The van der Waals surface area contributed by atoms with E-state index < -0.39 is 5.60 Å². The smallest absolute Gasteiger partial charge is 0.229 e. The van der Waals surface area contributed by atoms with Crippen molar-refractivity contribution in [3.8, 4) is 0 Å². The van der Waals surface area contributed by atoms with E-state index in [0.717, 1.165) is 12.1 Å². The summed E-state index contributed by atoms with van der Waals surface area (Å²) in [5.74, 6) is 0.0640. The standard InChI is InChI=1S/C16H26N2O2/c1-13-6-8-14(9-7-13)18(11-5-10-17)15(19)12-16(2,3)20-4/h6-9H,5,10-12,17H2,1-4H3. The number of benzene rings is 1. The number of methoxy groups -OCH3 is 1. The maximum Gasteiger partial charge on any atom is 0.229 e. The summed E-state index contributed by atoms with van der Waals surface area (Å²) in [5.41, 5.74) is 7.21. The van der Waals surface area contributed by atoms with Crippen molar-refractivity contribution in [2.45, 2.75) is 39.2 Å². The van der Waals surface area contributed by atoms with Crippen LogP contribution in [-0.4, -0.2) is 31.7 Å². The van der Waals surface area contributed by atoms with Gasteiger partial charge in [-0.2, -0.15) is 0 Å². The van der Waals surface area contributed by atoms with Crippen LogP contribution in [0.4, 0.5) is 5.69 Å². The minimum absolute atomic E-state index is 0.0640. The molecule has 0 atom stereocenters. The van der Waals surface area contributed by atoms with Gasteiger partial charge in [-0.3, -0.25) is 4.79 Å². The van der Waals surface area contributed by atoms with Crippen molar-refractivity contribution in [1.82, 2.24) is 0 Å². The highest BCUT2D eigenvalue weighted by Gasteiger charge is 2.25. The number of nitrogens with zero attached hydrogens (tertiary/aromatic N) is 1. The zero-order chi connectivity index (χ0) is 15.2. The molecule has 0 saturated carbocycles. The number of amides is 1. The summed E-state index contributed by atoms with van der Waals surface area (Å²) in [4.78, 5) is 14.3. The van der Waals surface area contributed by atoms with Crippen LogP contribution >= 0.6 is 0 Å². The largest absolute Gasteiger partial charge is 0.378 e. The van der Waals surface area contributed by atoms with Crippen molar-refractivity contribution in [3.63, 3.8) is 0 Å². The molecule has 0 aliphatic rings. The Morgan fingerprint density at radius 3 is 2.40 bits per heavy atom. The third kappa shape index (κ3) is 4.94. The fraction of sp³-hybridized carbons (Fsp3) is 0.562. The second kappa shape index (κ2) is 7.41. The molecule has 0 fully saturated rings. The van der Waals surface area contributed by atoms with E-state index in [9.17, 15) is 4.79 Å². The second-order valence-corrected chi connectivity index (χ2v) is 5.66. The van der Waals surface area contributed by atoms with E-state index in [1.54, 1.807) is 12.0 Å². The second-order valence-electron chi connectivity index (χ2n) is 5.66. The van der Waals surface area contributed by atoms with E-state index in [4.69, 9.17) is 10.5 Å². The number of ether oxygens (including phenoxy) is 1. The molecule has 112 valence electrons. The van der Waals surface area contributed by atoms with E-state index >= 15 is 0 Å². The Kier molecular flexibility index (Phi) is 6.17. The Hall–Kier alpha value is -1.39. The van der Waals surface area contributed by atoms with Gasteiger partial charge in [0.15, 0.2) is 0 Å². The predicted molar refractivity (Wildman–Crippen MR) is 82.9 cm³/mol. The van der Waals surface area contributed by atoms with Gasteiger partial charge < -0.3 is 15.4 Å². The molecule has 0 saturated heterocycles. The van der Waals surface area contributed by atoms with E-state index in [1.165, 1.54) is 5.56 Å². The molecule has 0 radical (unpaired) electrons. The van der Waals surface area contributed by atoms with Gasteiger partial charge in [0.25, 0.3) is 0 Å². The highest BCUT2D eigenvalue weighted by Crippen LogP contribution is 2.20. The average Bonchev–Trinajstić information content (AvgIpc) is 2.40. The lowest BCUT2D eigenvalue weighted by atomic mass is 10.0. The molecule has 0 bridgehead atoms. The first kappa shape index (κ1) is 16.7. The zero-order valence-corrected chi connectivity index (χ0v) is 13.0. The topological polar surface area (TPSA) is 55.6 Å². The molecule has 0 aliphatic carbocycles. The van der Waals surface area contributed by atoms with Gasteiger partial charge in [-0.25, -0.2) is 0 Å². The highest BCUT2D eigenvalue weighted by molar-refractivity contribution is 5.93. The molecule has 0 heterocycles. The summed E-state index contributed by atoms with van der Waals surface area (Å²) in [7, 11) is 1.63. The van der Waals surface area contributed by atoms with E-state index in [2.05, 4.69) is 0 Å². The molecule has 0 spiro atoms. The van der Waals surface area contributed by atoms with E-state index in [-0.39, 0.29) is 5.91 Å². The van der Waals surface area contributed by atoms with E-state index in [1.807, 2.05) is 45.0 Å². The number of aryl methyl sites for hydroxylation is 1. The summed E-state index contributed by atoms with van der Waals surface area (Å²) >= 11 is 0. The quantitative estimate of drug-likeness (QED) is 0.833. The summed E-state index contributed by atoms with van der Waals surface area (Å²) in [6.45, 7) is 7.08. The van der Waals surface area contributed by atoms with Crippen LogP contribution in [0.2, 0.25) is 0 Å². The summed E-state index contributed by atoms with van der Waals surface area (Å²) in [5, 5.41) is 0. The molecule has 1 rings (SSSR count). The van der Waals surface area contributed by atoms with Crippen LogP contribution in [0, 0.1) is 6.92 Å². The van der Waals surface area contributed by atoms with Crippen molar-refractivity contribution < 1.29 is 9.53 Å². The first-order valence-electron chi connectivity index (χ1n) is 7.02. The molecule has 1 aromatic rings. The lowest BCUT2D eigenvalue weighted by Gasteiger charge is -2.28. The van der Waals surface area contributed by atoms with Gasteiger partial charge >= 0.3 is 0 Å². The molecular weight excluding hydrogens is 252 g/mol. The van der Waals surface area contributed by atoms with Gasteiger partial charge in [-0.15, -0.1) is 0 Å². The van der Waals surface area contributed by atoms with Crippen LogP contribution in [0.15, 0.2) is 24.3 Å². The SMILES string of the molecule is COC(C)(C)CC(=O)N(CCCN)c1ccc(C)cc1. The van der Waals surface area contributed by atoms with Gasteiger partial charge in [0.1, 0.15) is 0 Å². The first-order valence-corrected chi connectivity index (χ1v) is 7.02. The van der Waals surface area contributed by atoms with Crippen molar-refractivity contribution in [1.29, 1.82) is 0 Å². The fourth-order valence-electron chi connectivity index (χ4n) is 1.90. The number of hydrogen-bond donors (Lipinski definition) is 1. The van der Waals surface area contributed by atoms with Crippen molar-refractivity contribution in [2.24, 2.45) is 5.73 Å². The number of nitrogens with two attached hydrogens (primary N) is 1. The van der Waals surface area contributed by atoms with Crippen molar-refractivity contribution in [3.05, 3.63) is 29.8 Å². The normalized spacial score (nSPS) is 11.4. The van der Waals surface area contributed by atoms with Gasteiger partial charge in [0.05, 0.1) is 12.0 Å². The Labute approximate surface area is 121 Å². The summed E-state index contributed by atoms with van der Waals surface area (Å²) in [6.07, 6.45) is 1.13. The molecule has 0 unspecified atom stereocenters. The summed E-state index contributed by atoms with van der Waals surface area (Å²) < 4.78 is 5.35. The van der Waals surface area contributed by atoms with Crippen LogP contribution in [0.3, 0.4) is 0 Å². The summed E-state index contributed by atoms with van der Waals surface area (Å²) in [6, 6.07) is 7.98. The first-order chi connectivity index (χ1) is 9.39. The van der Waals surface area contributed by atoms with Crippen LogP contribution in [-0.2, 0) is 9.53 Å². The zero-order valence-electron chi connectivity index (χ0n) is 13.0. The van der Waals surface area contributed by atoms with Crippen molar-refractivity contribution >= 4 is 11.6 Å². The van der Waals surface area contributed by atoms with Gasteiger partial charge in [-0.1, -0.05) is 17.7 Å². The van der Waals surface area contributed by atoms with Crippen LogP contribution in [0.25, 0.3) is 0 Å². The Balaban J connectivity index is 2.88. The number of anilines is 1. The molecule has 4 nitrogen and oxygen atoms in total. The van der Waals surface area contributed by atoms with E-state index in [0.29, 0.717) is 19.5 Å². The Morgan fingerprint density at radius 1 is 1.30 bits per heavy atom. The minimum Gasteiger partial charge on any atom is -0.378 e. The molecule has 0 aliphatic heterocycles. The molecular formula is C16H26N2O2. The Bertz CT molecular complexity index is 427. The molecule has 1 aromatic carbocycles. The predicted octanol–water partition coefficient (Wildman–Crippen LogP) is 2.49. The third-order valence-corrected chi connectivity index (χ3v) is 3.36. The minimum atomic E-state index is -0.456. The maximum absolute atomic E-state index is 12.5.